The number of methoxy groups -OCH3 is 2. The van der Waals surface area contributed by atoms with Gasteiger partial charge in [0.15, 0.2) is 11.6 Å². The maximum Gasteiger partial charge on any atom is 0.282 e. The Kier molecular flexibility index (Phi) is 7.17. The van der Waals surface area contributed by atoms with Crippen molar-refractivity contribution >= 4 is 5.82 Å². The second-order valence-corrected chi connectivity index (χ2v) is 13.4. The fourth-order valence-electron chi connectivity index (χ4n) is 7.83. The van der Waals surface area contributed by atoms with Crippen molar-refractivity contribution in [1.29, 1.82) is 0 Å². The van der Waals surface area contributed by atoms with Crippen molar-refractivity contribution in [2.45, 2.75) is 70.6 Å². The van der Waals surface area contributed by atoms with Gasteiger partial charge in [0.1, 0.15) is 23.7 Å². The molecule has 3 aromatic rings. The number of halogens is 1. The number of aryl methyl sites for hydroxylation is 1. The van der Waals surface area contributed by atoms with Gasteiger partial charge in [0.05, 0.1) is 11.3 Å². The molecule has 0 unspecified atom stereocenters. The van der Waals surface area contributed by atoms with Crippen molar-refractivity contribution in [2.24, 2.45) is 17.3 Å². The average Bonchev–Trinajstić information content (AvgIpc) is 3.59. The Balaban J connectivity index is 1.08. The monoisotopic (exact) mass is 592 g/mol. The number of benzene rings is 1. The predicted molar refractivity (Wildman–Crippen MR) is 157 cm³/mol. The average molecular weight is 593 g/mol. The first-order valence-electron chi connectivity index (χ1n) is 15.4. The summed E-state index contributed by atoms with van der Waals surface area (Å²) in [6, 6.07) is 5.02. The predicted octanol–water partition coefficient (Wildman–Crippen LogP) is 5.58. The quantitative estimate of drug-likeness (QED) is 0.278. The lowest BCUT2D eigenvalue weighted by atomic mass is 9.67. The molecule has 10 nitrogen and oxygen atoms in total. The molecule has 2 aliphatic heterocycles. The zero-order chi connectivity index (χ0) is 29.9. The number of ether oxygens (including phenoxy) is 3. The highest BCUT2D eigenvalue weighted by Gasteiger charge is 2.56. The van der Waals surface area contributed by atoms with E-state index in [0.29, 0.717) is 52.5 Å². The maximum absolute atomic E-state index is 14.5. The summed E-state index contributed by atoms with van der Waals surface area (Å²) in [4.78, 5) is 9.54. The molecule has 43 heavy (non-hydrogen) atoms. The fourth-order valence-corrected chi connectivity index (χ4v) is 7.83. The van der Waals surface area contributed by atoms with Crippen LogP contribution >= 0.6 is 0 Å². The van der Waals surface area contributed by atoms with E-state index in [2.05, 4.69) is 44.0 Å². The largest absolute Gasteiger partial charge is 0.434 e. The Morgan fingerprint density at radius 3 is 2.56 bits per heavy atom. The molecule has 0 amide bonds. The van der Waals surface area contributed by atoms with Gasteiger partial charge >= 0.3 is 0 Å². The highest BCUT2D eigenvalue weighted by Crippen LogP contribution is 2.51. The molecule has 4 aliphatic rings. The third-order valence-corrected chi connectivity index (χ3v) is 10.1. The molecular formula is C32H41FN6O4. The van der Waals surface area contributed by atoms with Crippen molar-refractivity contribution in [2.75, 3.05) is 45.3 Å². The van der Waals surface area contributed by atoms with Gasteiger partial charge in [0, 0.05) is 76.2 Å². The number of likely N-dealkylation sites (tertiary alicyclic amines) is 1. The molecule has 0 N–H and O–H groups in total. The van der Waals surface area contributed by atoms with Crippen LogP contribution in [-0.4, -0.2) is 77.5 Å². The molecule has 1 aromatic carbocycles. The SMILES string of the molecule is COC1(OC)CC([C@@H](C(C)C)N2CC3(CCN(c4ncnnc4Oc4ccc(F)cc4-c4c(C)noc4C4CC4)C3)C2)C1. The number of hydrogen-bond acceptors (Lipinski definition) is 10. The number of nitrogens with zero attached hydrogens (tertiary/aromatic N) is 6. The zero-order valence-corrected chi connectivity index (χ0v) is 25.7. The van der Waals surface area contributed by atoms with Crippen LogP contribution in [0.25, 0.3) is 11.1 Å². The first-order chi connectivity index (χ1) is 20.7. The number of anilines is 1. The van der Waals surface area contributed by atoms with Gasteiger partial charge in [-0.25, -0.2) is 9.37 Å². The lowest BCUT2D eigenvalue weighted by Gasteiger charge is -2.58. The fraction of sp³-hybridized carbons (Fsp3) is 0.625. The molecule has 230 valence electrons. The van der Waals surface area contributed by atoms with Gasteiger partial charge in [-0.3, -0.25) is 4.90 Å². The molecule has 2 aliphatic carbocycles. The van der Waals surface area contributed by atoms with E-state index in [0.717, 1.165) is 69.6 Å². The smallest absolute Gasteiger partial charge is 0.282 e. The van der Waals surface area contributed by atoms with Crippen LogP contribution in [-0.2, 0) is 9.47 Å². The Hall–Kier alpha value is -3.15. The second kappa shape index (κ2) is 10.8. The van der Waals surface area contributed by atoms with Crippen LogP contribution in [0.4, 0.5) is 10.2 Å². The maximum atomic E-state index is 14.5. The summed E-state index contributed by atoms with van der Waals surface area (Å²) in [5, 5.41) is 12.6. The summed E-state index contributed by atoms with van der Waals surface area (Å²) in [5.74, 6) is 2.91. The molecule has 2 saturated carbocycles. The van der Waals surface area contributed by atoms with Gasteiger partial charge in [-0.2, -0.15) is 0 Å². The number of hydrogen-bond donors (Lipinski definition) is 0. The third kappa shape index (κ3) is 5.09. The van der Waals surface area contributed by atoms with Crippen molar-refractivity contribution in [3.8, 4) is 22.8 Å². The molecule has 2 aromatic heterocycles. The van der Waals surface area contributed by atoms with E-state index in [1.54, 1.807) is 20.3 Å². The lowest BCUT2D eigenvalue weighted by molar-refractivity contribution is -0.282. The Morgan fingerprint density at radius 1 is 1.09 bits per heavy atom. The normalized spacial score (nSPS) is 22.2. The van der Waals surface area contributed by atoms with E-state index >= 15 is 0 Å². The lowest BCUT2D eigenvalue weighted by Crippen LogP contribution is -2.66. The number of aromatic nitrogens is 4. The second-order valence-electron chi connectivity index (χ2n) is 13.4. The van der Waals surface area contributed by atoms with Gasteiger partial charge in [-0.15, -0.1) is 10.2 Å². The van der Waals surface area contributed by atoms with Crippen molar-refractivity contribution in [3.05, 3.63) is 41.8 Å². The van der Waals surface area contributed by atoms with E-state index in [-0.39, 0.29) is 11.2 Å². The minimum atomic E-state index is -0.419. The van der Waals surface area contributed by atoms with E-state index in [9.17, 15) is 4.39 Å². The highest BCUT2D eigenvalue weighted by atomic mass is 19.1. The minimum absolute atomic E-state index is 0.207. The highest BCUT2D eigenvalue weighted by molar-refractivity contribution is 5.75. The standard InChI is InChI=1S/C32H41FN6O4/c1-19(2)27(22-13-32(14-22,40-4)41-5)39-16-31(17-39)10-11-38(15-31)29-30(36-35-18-34-29)42-25-9-8-23(33)12-24(25)26-20(3)37-43-28(26)21-6-7-21/h8-9,12,18-19,21-22,27H,6-7,10-11,13-17H2,1-5H3/t27-/m1/s1. The molecule has 4 heterocycles. The van der Waals surface area contributed by atoms with Crippen LogP contribution in [0.5, 0.6) is 11.6 Å². The van der Waals surface area contributed by atoms with Crippen LogP contribution in [0, 0.1) is 30.0 Å². The van der Waals surface area contributed by atoms with Crippen molar-refractivity contribution in [3.63, 3.8) is 0 Å². The van der Waals surface area contributed by atoms with Gasteiger partial charge in [0.25, 0.3) is 5.88 Å². The molecule has 1 spiro atoms. The van der Waals surface area contributed by atoms with Gasteiger partial charge in [-0.1, -0.05) is 19.0 Å². The van der Waals surface area contributed by atoms with E-state index in [1.807, 2.05) is 6.92 Å². The Bertz CT molecular complexity index is 1470. The molecule has 1 atom stereocenters. The summed E-state index contributed by atoms with van der Waals surface area (Å²) in [7, 11) is 3.49. The molecule has 0 bridgehead atoms. The molecule has 0 radical (unpaired) electrons. The van der Waals surface area contributed by atoms with Crippen LogP contribution in [0.2, 0.25) is 0 Å². The molecule has 2 saturated heterocycles. The summed E-state index contributed by atoms with van der Waals surface area (Å²) in [5.41, 5.74) is 2.32. The van der Waals surface area contributed by atoms with E-state index in [4.69, 9.17) is 18.7 Å². The third-order valence-electron chi connectivity index (χ3n) is 10.1. The summed E-state index contributed by atoms with van der Waals surface area (Å²) in [6.45, 7) is 10.4. The Morgan fingerprint density at radius 2 is 1.86 bits per heavy atom. The van der Waals surface area contributed by atoms with E-state index in [1.165, 1.54) is 18.5 Å². The van der Waals surface area contributed by atoms with Gasteiger partial charge < -0.3 is 23.6 Å². The van der Waals surface area contributed by atoms with E-state index < -0.39 is 5.79 Å². The molecule has 4 fully saturated rings. The minimum Gasteiger partial charge on any atom is -0.434 e. The van der Waals surface area contributed by atoms with Gasteiger partial charge in [-0.05, 0) is 56.2 Å². The van der Waals surface area contributed by atoms with Crippen molar-refractivity contribution in [1.82, 2.24) is 25.2 Å². The van der Waals surface area contributed by atoms with Crippen LogP contribution in [0.1, 0.15) is 63.3 Å². The summed E-state index contributed by atoms with van der Waals surface area (Å²) >= 11 is 0. The van der Waals surface area contributed by atoms with Crippen molar-refractivity contribution < 1.29 is 23.1 Å². The molecular weight excluding hydrogens is 551 g/mol. The van der Waals surface area contributed by atoms with Crippen LogP contribution in [0.3, 0.4) is 0 Å². The van der Waals surface area contributed by atoms with Crippen LogP contribution < -0.4 is 9.64 Å². The number of rotatable bonds is 10. The topological polar surface area (TPSA) is 98.9 Å². The van der Waals surface area contributed by atoms with Gasteiger partial charge in [0.2, 0.25) is 0 Å². The molecule has 7 rings (SSSR count). The first kappa shape index (κ1) is 28.6. The summed E-state index contributed by atoms with van der Waals surface area (Å²) < 4.78 is 37.9. The first-order valence-corrected chi connectivity index (χ1v) is 15.4. The van der Waals surface area contributed by atoms with Crippen LogP contribution in [0.15, 0.2) is 29.0 Å². The zero-order valence-electron chi connectivity index (χ0n) is 25.7. The summed E-state index contributed by atoms with van der Waals surface area (Å²) in [6.07, 6.45) is 6.50. The Labute approximate surface area is 251 Å². The molecule has 11 heteroatoms.